The normalized spacial score (nSPS) is 30.6. The summed E-state index contributed by atoms with van der Waals surface area (Å²) in [5.41, 5.74) is 1.19. The van der Waals surface area contributed by atoms with Crippen LogP contribution >= 0.6 is 11.6 Å². The lowest BCUT2D eigenvalue weighted by Gasteiger charge is -2.29. The lowest BCUT2D eigenvalue weighted by molar-refractivity contribution is -0.126. The molecule has 3 aliphatic rings. The number of nitrogens with zero attached hydrogens (tertiary/aromatic N) is 1. The molecule has 4 atom stereocenters. The summed E-state index contributed by atoms with van der Waals surface area (Å²) >= 11 is 6.18. The van der Waals surface area contributed by atoms with Crippen LogP contribution in [0.3, 0.4) is 0 Å². The minimum absolute atomic E-state index is 0.0438. The molecular formula is C19H25ClN2O2. The van der Waals surface area contributed by atoms with E-state index < -0.39 is 0 Å². The van der Waals surface area contributed by atoms with E-state index in [-0.39, 0.29) is 24.0 Å². The maximum Gasteiger partial charge on any atom is 0.225 e. The molecule has 1 N–H and O–H groups in total. The number of hydrogen-bond donors (Lipinski definition) is 1. The van der Waals surface area contributed by atoms with Gasteiger partial charge < -0.3 is 10.1 Å². The third kappa shape index (κ3) is 3.32. The van der Waals surface area contributed by atoms with E-state index in [1.165, 1.54) is 18.4 Å². The summed E-state index contributed by atoms with van der Waals surface area (Å²) in [7, 11) is 0. The van der Waals surface area contributed by atoms with E-state index in [2.05, 4.69) is 16.3 Å². The summed E-state index contributed by atoms with van der Waals surface area (Å²) in [5.74, 6) is 0.204. The highest BCUT2D eigenvalue weighted by atomic mass is 35.5. The van der Waals surface area contributed by atoms with E-state index in [4.69, 9.17) is 16.3 Å². The van der Waals surface area contributed by atoms with Crippen LogP contribution in [0.4, 0.5) is 0 Å². The molecule has 3 fully saturated rings. The Morgan fingerprint density at radius 1 is 1.33 bits per heavy atom. The first kappa shape index (κ1) is 16.4. The van der Waals surface area contributed by atoms with Crippen LogP contribution in [-0.2, 0) is 9.53 Å². The van der Waals surface area contributed by atoms with Crippen molar-refractivity contribution >= 4 is 17.5 Å². The molecule has 1 aromatic carbocycles. The Labute approximate surface area is 148 Å². The van der Waals surface area contributed by atoms with Crippen LogP contribution in [0, 0.1) is 5.92 Å². The quantitative estimate of drug-likeness (QED) is 0.888. The molecule has 0 unspecified atom stereocenters. The molecule has 2 bridgehead atoms. The second-order valence-corrected chi connectivity index (χ2v) is 7.71. The highest BCUT2D eigenvalue weighted by Gasteiger charge is 2.44. The number of nitrogens with one attached hydrogen (secondary N) is 1. The second-order valence-electron chi connectivity index (χ2n) is 7.28. The van der Waals surface area contributed by atoms with E-state index in [1.807, 2.05) is 18.2 Å². The highest BCUT2D eigenvalue weighted by Crippen LogP contribution is 2.39. The van der Waals surface area contributed by atoms with Gasteiger partial charge in [-0.15, -0.1) is 0 Å². The van der Waals surface area contributed by atoms with Crippen LogP contribution in [-0.4, -0.2) is 42.6 Å². The fourth-order valence-electron chi connectivity index (χ4n) is 4.47. The molecule has 4 nitrogen and oxygen atoms in total. The Hall–Kier alpha value is -1.10. The first-order chi connectivity index (χ1) is 11.7. The fourth-order valence-corrected chi connectivity index (χ4v) is 4.67. The van der Waals surface area contributed by atoms with Gasteiger partial charge in [-0.2, -0.15) is 0 Å². The summed E-state index contributed by atoms with van der Waals surface area (Å²) in [6.07, 6.45) is 5.96. The molecule has 130 valence electrons. The molecule has 0 radical (unpaired) electrons. The number of carbonyl (C=O) groups is 1. The van der Waals surface area contributed by atoms with Gasteiger partial charge in [0, 0.05) is 11.6 Å². The van der Waals surface area contributed by atoms with Crippen LogP contribution in [0.5, 0.6) is 0 Å². The molecule has 1 amide bonds. The molecular weight excluding hydrogens is 324 g/mol. The number of amides is 1. The van der Waals surface area contributed by atoms with Crippen LogP contribution in [0.2, 0.25) is 5.02 Å². The number of rotatable bonds is 5. The maximum absolute atomic E-state index is 12.6. The fraction of sp³-hybridized carbons (Fsp3) is 0.632. The first-order valence-electron chi connectivity index (χ1n) is 9.13. The van der Waals surface area contributed by atoms with Gasteiger partial charge in [0.1, 0.15) is 0 Å². The van der Waals surface area contributed by atoms with Crippen molar-refractivity contribution in [1.29, 1.82) is 0 Å². The Balaban J connectivity index is 1.43. The van der Waals surface area contributed by atoms with E-state index in [0.29, 0.717) is 12.6 Å². The molecule has 0 spiro atoms. The van der Waals surface area contributed by atoms with Crippen molar-refractivity contribution in [2.45, 2.75) is 50.4 Å². The molecule has 0 aromatic heterocycles. The van der Waals surface area contributed by atoms with Crippen LogP contribution in [0.1, 0.15) is 43.7 Å². The number of ether oxygens (including phenoxy) is 1. The van der Waals surface area contributed by atoms with Crippen molar-refractivity contribution in [3.8, 4) is 0 Å². The summed E-state index contributed by atoms with van der Waals surface area (Å²) in [4.78, 5) is 15.1. The molecule has 5 heteroatoms. The van der Waals surface area contributed by atoms with E-state index in [9.17, 15) is 4.79 Å². The van der Waals surface area contributed by atoms with Crippen molar-refractivity contribution in [3.05, 3.63) is 34.9 Å². The van der Waals surface area contributed by atoms with Gasteiger partial charge >= 0.3 is 0 Å². The third-order valence-electron chi connectivity index (χ3n) is 5.73. The average molecular weight is 349 g/mol. The summed E-state index contributed by atoms with van der Waals surface area (Å²) < 4.78 is 5.82. The monoisotopic (exact) mass is 348 g/mol. The van der Waals surface area contributed by atoms with Crippen molar-refractivity contribution < 1.29 is 9.53 Å². The molecule has 0 saturated carbocycles. The van der Waals surface area contributed by atoms with E-state index >= 15 is 0 Å². The number of fused-ring (bicyclic) bond motifs is 2. The summed E-state index contributed by atoms with van der Waals surface area (Å²) in [6.45, 7) is 2.82. The molecule has 1 aromatic rings. The zero-order valence-electron chi connectivity index (χ0n) is 13.9. The molecule has 3 heterocycles. The molecule has 3 aliphatic heterocycles. The largest absolute Gasteiger partial charge is 0.374 e. The van der Waals surface area contributed by atoms with Gasteiger partial charge in [-0.05, 0) is 62.9 Å². The smallest absolute Gasteiger partial charge is 0.225 e. The number of benzene rings is 1. The third-order valence-corrected chi connectivity index (χ3v) is 5.96. The number of hydrogen-bond acceptors (Lipinski definition) is 3. The second kappa shape index (κ2) is 7.03. The van der Waals surface area contributed by atoms with E-state index in [1.54, 1.807) is 0 Å². The predicted molar refractivity (Wildman–Crippen MR) is 94.0 cm³/mol. The lowest BCUT2D eigenvalue weighted by Crippen LogP contribution is -2.41. The average Bonchev–Trinajstić information content (AvgIpc) is 3.33. The molecule has 3 saturated heterocycles. The molecule has 4 rings (SSSR count). The zero-order valence-corrected chi connectivity index (χ0v) is 14.7. The maximum atomic E-state index is 12.6. The SMILES string of the molecule is O=C(NC[C@@H](c1cccc(Cl)c1)N1CCCC1)[C@H]1C[C@@H]2CC[C@@H]1O2. The standard InChI is InChI=1S/C19H25ClN2O2/c20-14-5-3-4-13(10-14)17(22-8-1-2-9-22)12-21-19(23)16-11-15-6-7-18(16)24-15/h3-5,10,15-18H,1-2,6-9,11-12H2,(H,21,23)/t15-,16-,17-,18-/m0/s1. The van der Waals surface area contributed by atoms with Crippen molar-refractivity contribution in [2.75, 3.05) is 19.6 Å². The number of halogens is 1. The van der Waals surface area contributed by atoms with Gasteiger partial charge in [-0.25, -0.2) is 0 Å². The van der Waals surface area contributed by atoms with Gasteiger partial charge in [-0.1, -0.05) is 23.7 Å². The zero-order chi connectivity index (χ0) is 16.5. The Morgan fingerprint density at radius 3 is 2.83 bits per heavy atom. The lowest BCUT2D eigenvalue weighted by atomic mass is 9.88. The van der Waals surface area contributed by atoms with Crippen LogP contribution in [0.25, 0.3) is 0 Å². The topological polar surface area (TPSA) is 41.6 Å². The minimum Gasteiger partial charge on any atom is -0.374 e. The van der Waals surface area contributed by atoms with Crippen LogP contribution in [0.15, 0.2) is 24.3 Å². The molecule has 24 heavy (non-hydrogen) atoms. The Kier molecular flexibility index (Phi) is 4.79. The number of likely N-dealkylation sites (tertiary alicyclic amines) is 1. The summed E-state index contributed by atoms with van der Waals surface area (Å²) in [6, 6.07) is 8.23. The van der Waals surface area contributed by atoms with Gasteiger partial charge in [0.2, 0.25) is 5.91 Å². The van der Waals surface area contributed by atoms with Gasteiger partial charge in [0.05, 0.1) is 24.2 Å². The van der Waals surface area contributed by atoms with Crippen molar-refractivity contribution in [2.24, 2.45) is 5.92 Å². The van der Waals surface area contributed by atoms with E-state index in [0.717, 1.165) is 37.4 Å². The van der Waals surface area contributed by atoms with Crippen molar-refractivity contribution in [3.63, 3.8) is 0 Å². The molecule has 0 aliphatic carbocycles. The van der Waals surface area contributed by atoms with Gasteiger partial charge in [-0.3, -0.25) is 9.69 Å². The Bertz CT molecular complexity index is 603. The van der Waals surface area contributed by atoms with Gasteiger partial charge in [0.25, 0.3) is 0 Å². The van der Waals surface area contributed by atoms with Crippen LogP contribution < -0.4 is 5.32 Å². The van der Waals surface area contributed by atoms with Crippen molar-refractivity contribution in [1.82, 2.24) is 10.2 Å². The minimum atomic E-state index is 0.0438. The first-order valence-corrected chi connectivity index (χ1v) is 9.51. The predicted octanol–water partition coefficient (Wildman–Crippen LogP) is 3.16. The summed E-state index contributed by atoms with van der Waals surface area (Å²) in [5, 5.41) is 3.95. The van der Waals surface area contributed by atoms with Gasteiger partial charge in [0.15, 0.2) is 0 Å². The Morgan fingerprint density at radius 2 is 2.17 bits per heavy atom. The number of carbonyl (C=O) groups excluding carboxylic acids is 1. The highest BCUT2D eigenvalue weighted by molar-refractivity contribution is 6.30.